The molecular formula is C14H24F2O3. The molecule has 2 rings (SSSR count). The van der Waals surface area contributed by atoms with Crippen molar-refractivity contribution >= 4 is 0 Å². The summed E-state index contributed by atoms with van der Waals surface area (Å²) in [5, 5.41) is 0. The van der Waals surface area contributed by atoms with Gasteiger partial charge in [-0.25, -0.2) is 0 Å². The molecule has 2 aliphatic rings. The van der Waals surface area contributed by atoms with Crippen LogP contribution in [-0.2, 0) is 14.2 Å². The Kier molecular flexibility index (Phi) is 5.54. The van der Waals surface area contributed by atoms with Crippen LogP contribution in [0.25, 0.3) is 0 Å². The second-order valence-corrected chi connectivity index (χ2v) is 5.66. The van der Waals surface area contributed by atoms with Gasteiger partial charge < -0.3 is 4.74 Å². The molecule has 5 heteroatoms. The van der Waals surface area contributed by atoms with E-state index in [1.54, 1.807) is 0 Å². The van der Waals surface area contributed by atoms with Gasteiger partial charge in [-0.3, -0.25) is 9.47 Å². The van der Waals surface area contributed by atoms with Crippen molar-refractivity contribution in [1.82, 2.24) is 0 Å². The summed E-state index contributed by atoms with van der Waals surface area (Å²) < 4.78 is 40.0. The van der Waals surface area contributed by atoms with Gasteiger partial charge in [0.2, 0.25) is 0 Å². The van der Waals surface area contributed by atoms with Crippen LogP contribution < -0.4 is 0 Å². The molecule has 0 bridgehead atoms. The van der Waals surface area contributed by atoms with Gasteiger partial charge in [0.15, 0.2) is 0 Å². The molecule has 0 saturated carbocycles. The molecule has 0 aromatic heterocycles. The number of halogens is 2. The summed E-state index contributed by atoms with van der Waals surface area (Å²) in [6, 6.07) is 0. The average Bonchev–Trinajstić information content (AvgIpc) is 2.40. The Morgan fingerprint density at radius 2 is 1.79 bits per heavy atom. The highest BCUT2D eigenvalue weighted by atomic mass is 19.3. The predicted octanol–water partition coefficient (Wildman–Crippen LogP) is 3.58. The first kappa shape index (κ1) is 15.1. The quantitative estimate of drug-likeness (QED) is 0.719. The maximum Gasteiger partial charge on any atom is 0.485 e. The smallest absolute Gasteiger partial charge is 0.377 e. The lowest BCUT2D eigenvalue weighted by molar-refractivity contribution is -0.424. The van der Waals surface area contributed by atoms with Crippen molar-refractivity contribution in [2.24, 2.45) is 11.8 Å². The molecule has 3 nitrogen and oxygen atoms in total. The van der Waals surface area contributed by atoms with Crippen LogP contribution in [0.1, 0.15) is 45.4 Å². The molecule has 0 amide bonds. The van der Waals surface area contributed by atoms with Crippen LogP contribution in [0.15, 0.2) is 0 Å². The summed E-state index contributed by atoms with van der Waals surface area (Å²) in [6.45, 7) is 3.00. The van der Waals surface area contributed by atoms with E-state index < -0.39 is 6.29 Å². The van der Waals surface area contributed by atoms with E-state index in [-0.39, 0.29) is 25.2 Å². The fraction of sp³-hybridized carbons (Fsp3) is 1.00. The zero-order chi connectivity index (χ0) is 13.7. The first-order valence-electron chi connectivity index (χ1n) is 7.38. The lowest BCUT2D eigenvalue weighted by atomic mass is 9.89. The topological polar surface area (TPSA) is 27.7 Å². The van der Waals surface area contributed by atoms with Crippen LogP contribution in [0.5, 0.6) is 0 Å². The van der Waals surface area contributed by atoms with Crippen LogP contribution in [0.4, 0.5) is 8.78 Å². The summed E-state index contributed by atoms with van der Waals surface area (Å²) in [5.41, 5.74) is 0. The molecule has 2 atom stereocenters. The van der Waals surface area contributed by atoms with Crippen molar-refractivity contribution < 1.29 is 23.0 Å². The molecule has 2 fully saturated rings. The van der Waals surface area contributed by atoms with E-state index in [0.29, 0.717) is 5.92 Å². The van der Waals surface area contributed by atoms with Crippen LogP contribution >= 0.6 is 0 Å². The molecule has 2 unspecified atom stereocenters. The van der Waals surface area contributed by atoms with Gasteiger partial charge >= 0.3 is 6.29 Å². The van der Waals surface area contributed by atoms with Gasteiger partial charge in [-0.1, -0.05) is 26.2 Å². The summed E-state index contributed by atoms with van der Waals surface area (Å²) >= 11 is 0. The van der Waals surface area contributed by atoms with Crippen molar-refractivity contribution in [3.63, 3.8) is 0 Å². The van der Waals surface area contributed by atoms with Gasteiger partial charge in [0.05, 0.1) is 19.3 Å². The molecule has 0 aromatic rings. The number of alkyl halides is 2. The maximum absolute atomic E-state index is 12.7. The minimum atomic E-state index is -3.41. The Labute approximate surface area is 113 Å². The number of rotatable bonds is 5. The lowest BCUT2D eigenvalue weighted by Crippen LogP contribution is -2.44. The maximum atomic E-state index is 12.7. The monoisotopic (exact) mass is 278 g/mol. The summed E-state index contributed by atoms with van der Waals surface area (Å²) in [5.74, 6) is 0.575. The number of unbranched alkanes of at least 4 members (excludes halogenated alkanes) is 2. The first-order valence-corrected chi connectivity index (χ1v) is 7.38. The van der Waals surface area contributed by atoms with Gasteiger partial charge in [0.1, 0.15) is 0 Å². The van der Waals surface area contributed by atoms with E-state index in [0.717, 1.165) is 19.4 Å². The van der Waals surface area contributed by atoms with Crippen LogP contribution in [-0.4, -0.2) is 32.2 Å². The molecular weight excluding hydrogens is 254 g/mol. The highest BCUT2D eigenvalue weighted by molar-refractivity contribution is 4.78. The van der Waals surface area contributed by atoms with Gasteiger partial charge in [0.25, 0.3) is 0 Å². The van der Waals surface area contributed by atoms with Gasteiger partial charge in [-0.2, -0.15) is 0 Å². The summed E-state index contributed by atoms with van der Waals surface area (Å²) in [7, 11) is 0. The van der Waals surface area contributed by atoms with Crippen LogP contribution in [0.2, 0.25) is 0 Å². The van der Waals surface area contributed by atoms with Crippen LogP contribution in [0.3, 0.4) is 0 Å². The van der Waals surface area contributed by atoms with E-state index in [2.05, 4.69) is 16.4 Å². The SMILES string of the molecule is CCCCCC1CCC(C2COC(F)(F)OC2)OC1. The highest BCUT2D eigenvalue weighted by Crippen LogP contribution is 2.32. The molecule has 0 N–H and O–H groups in total. The molecule has 0 aromatic carbocycles. The standard InChI is InChI=1S/C14H24F2O3/c1-2-3-4-5-11-6-7-13(17-8-11)12-9-18-14(15,16)19-10-12/h11-13H,2-10H2,1H3. The number of hydrogen-bond donors (Lipinski definition) is 0. The number of hydrogen-bond acceptors (Lipinski definition) is 3. The minimum absolute atomic E-state index is 0.0125. The zero-order valence-corrected chi connectivity index (χ0v) is 11.6. The molecule has 0 spiro atoms. The zero-order valence-electron chi connectivity index (χ0n) is 11.6. The van der Waals surface area contributed by atoms with Gasteiger partial charge in [0, 0.05) is 12.5 Å². The van der Waals surface area contributed by atoms with Crippen molar-refractivity contribution in [3.8, 4) is 0 Å². The van der Waals surface area contributed by atoms with E-state index in [1.807, 2.05) is 0 Å². The highest BCUT2D eigenvalue weighted by Gasteiger charge is 2.41. The fourth-order valence-electron chi connectivity index (χ4n) is 2.82. The van der Waals surface area contributed by atoms with Gasteiger partial charge in [-0.05, 0) is 25.2 Å². The van der Waals surface area contributed by atoms with Crippen molar-refractivity contribution in [2.45, 2.75) is 57.8 Å². The third-order valence-electron chi connectivity index (χ3n) is 4.08. The summed E-state index contributed by atoms with van der Waals surface area (Å²) in [6.07, 6.45) is 3.65. The Hall–Kier alpha value is -0.260. The Morgan fingerprint density at radius 3 is 2.37 bits per heavy atom. The summed E-state index contributed by atoms with van der Waals surface area (Å²) in [4.78, 5) is 0. The number of ether oxygens (including phenoxy) is 3. The normalized spacial score (nSPS) is 32.4. The molecule has 2 heterocycles. The third-order valence-corrected chi connectivity index (χ3v) is 4.08. The fourth-order valence-corrected chi connectivity index (χ4v) is 2.82. The predicted molar refractivity (Wildman–Crippen MR) is 66.9 cm³/mol. The second-order valence-electron chi connectivity index (χ2n) is 5.66. The molecule has 2 aliphatic heterocycles. The van der Waals surface area contributed by atoms with E-state index in [1.165, 1.54) is 25.7 Å². The second kappa shape index (κ2) is 6.95. The van der Waals surface area contributed by atoms with E-state index in [9.17, 15) is 8.78 Å². The molecule has 0 radical (unpaired) electrons. The van der Waals surface area contributed by atoms with Crippen molar-refractivity contribution in [1.29, 1.82) is 0 Å². The average molecular weight is 278 g/mol. The molecule has 112 valence electrons. The van der Waals surface area contributed by atoms with Crippen molar-refractivity contribution in [2.75, 3.05) is 19.8 Å². The Morgan fingerprint density at radius 1 is 1.05 bits per heavy atom. The Balaban J connectivity index is 1.66. The van der Waals surface area contributed by atoms with Crippen LogP contribution in [0, 0.1) is 11.8 Å². The third kappa shape index (κ3) is 4.65. The Bertz CT molecular complexity index is 255. The largest absolute Gasteiger partial charge is 0.485 e. The molecule has 19 heavy (non-hydrogen) atoms. The van der Waals surface area contributed by atoms with E-state index in [4.69, 9.17) is 4.74 Å². The minimum Gasteiger partial charge on any atom is -0.377 e. The van der Waals surface area contributed by atoms with Gasteiger partial charge in [-0.15, -0.1) is 8.78 Å². The molecule has 2 saturated heterocycles. The lowest BCUT2D eigenvalue weighted by Gasteiger charge is -2.37. The van der Waals surface area contributed by atoms with E-state index >= 15 is 0 Å². The van der Waals surface area contributed by atoms with Crippen molar-refractivity contribution in [3.05, 3.63) is 0 Å². The first-order chi connectivity index (χ1) is 9.11. The molecule has 0 aliphatic carbocycles.